The lowest BCUT2D eigenvalue weighted by Gasteiger charge is -2.18. The summed E-state index contributed by atoms with van der Waals surface area (Å²) in [5, 5.41) is 24.7. The van der Waals surface area contributed by atoms with Crippen molar-refractivity contribution in [2.24, 2.45) is 10.9 Å². The van der Waals surface area contributed by atoms with E-state index in [1.165, 1.54) is 0 Å². The minimum absolute atomic E-state index is 0.00421. The van der Waals surface area contributed by atoms with E-state index < -0.39 is 0 Å². The molecule has 0 amide bonds. The van der Waals surface area contributed by atoms with E-state index in [4.69, 9.17) is 10.9 Å². The Morgan fingerprint density at radius 3 is 2.43 bits per heavy atom. The Hall–Kier alpha value is -2.37. The Kier molecular flexibility index (Phi) is 5.31. The van der Waals surface area contributed by atoms with Gasteiger partial charge in [-0.15, -0.1) is 0 Å². The number of nitrogens with one attached hydrogen (secondary N) is 1. The molecule has 0 aromatic heterocycles. The van der Waals surface area contributed by atoms with Crippen LogP contribution in [0.25, 0.3) is 0 Å². The van der Waals surface area contributed by atoms with Crippen LogP contribution >= 0.6 is 0 Å². The molecule has 0 bridgehead atoms. The lowest BCUT2D eigenvalue weighted by atomic mass is 10.0. The van der Waals surface area contributed by atoms with Gasteiger partial charge in [0.05, 0.1) is 12.6 Å². The molecule has 21 heavy (non-hydrogen) atoms. The maximum absolute atomic E-state index is 9.53. The number of nitrogens with zero attached hydrogens (tertiary/aromatic N) is 1. The van der Waals surface area contributed by atoms with Crippen LogP contribution in [0.1, 0.15) is 22.7 Å². The first-order valence-electron chi connectivity index (χ1n) is 6.71. The Morgan fingerprint density at radius 2 is 1.76 bits per heavy atom. The summed E-state index contributed by atoms with van der Waals surface area (Å²) in [4.78, 5) is 0. The molecular formula is C16H19N3O2. The van der Waals surface area contributed by atoms with Crippen LogP contribution in [0.2, 0.25) is 0 Å². The van der Waals surface area contributed by atoms with Crippen LogP contribution in [0, 0.1) is 0 Å². The van der Waals surface area contributed by atoms with E-state index in [9.17, 15) is 5.11 Å². The molecule has 0 aliphatic carbocycles. The maximum Gasteiger partial charge on any atom is 0.170 e. The molecule has 0 radical (unpaired) electrons. The third kappa shape index (κ3) is 3.81. The second-order valence-electron chi connectivity index (χ2n) is 4.67. The molecule has 2 rings (SSSR count). The molecule has 0 spiro atoms. The predicted octanol–water partition coefficient (Wildman–Crippen LogP) is 1.60. The molecule has 2 aromatic rings. The summed E-state index contributed by atoms with van der Waals surface area (Å²) in [5.41, 5.74) is 8.27. The van der Waals surface area contributed by atoms with Crippen molar-refractivity contribution in [2.45, 2.75) is 12.6 Å². The third-order valence-corrected chi connectivity index (χ3v) is 3.32. The smallest absolute Gasteiger partial charge is 0.170 e. The Labute approximate surface area is 123 Å². The first-order valence-corrected chi connectivity index (χ1v) is 6.71. The van der Waals surface area contributed by atoms with E-state index in [0.717, 1.165) is 11.1 Å². The van der Waals surface area contributed by atoms with E-state index in [2.05, 4.69) is 10.5 Å². The number of hydrogen-bond acceptors (Lipinski definition) is 4. The van der Waals surface area contributed by atoms with E-state index >= 15 is 0 Å². The van der Waals surface area contributed by atoms with E-state index in [0.29, 0.717) is 12.1 Å². The van der Waals surface area contributed by atoms with Crippen LogP contribution < -0.4 is 11.1 Å². The van der Waals surface area contributed by atoms with Crippen molar-refractivity contribution in [3.63, 3.8) is 0 Å². The van der Waals surface area contributed by atoms with Gasteiger partial charge in [0.15, 0.2) is 5.84 Å². The lowest BCUT2D eigenvalue weighted by Crippen LogP contribution is -2.25. The number of aliphatic hydroxyl groups is 1. The van der Waals surface area contributed by atoms with E-state index in [1.807, 2.05) is 48.5 Å². The Morgan fingerprint density at radius 1 is 1.10 bits per heavy atom. The quantitative estimate of drug-likeness (QED) is 0.281. The minimum atomic E-state index is -0.161. The molecule has 1 atom stereocenters. The van der Waals surface area contributed by atoms with Crippen LogP contribution in [0.15, 0.2) is 59.8 Å². The summed E-state index contributed by atoms with van der Waals surface area (Å²) >= 11 is 0. The first-order chi connectivity index (χ1) is 10.3. The number of rotatable bonds is 6. The fourth-order valence-corrected chi connectivity index (χ4v) is 2.18. The van der Waals surface area contributed by atoms with Crippen LogP contribution in [0.5, 0.6) is 0 Å². The number of hydrogen-bond donors (Lipinski definition) is 4. The molecule has 0 fully saturated rings. The van der Waals surface area contributed by atoms with Gasteiger partial charge >= 0.3 is 0 Å². The van der Waals surface area contributed by atoms with Gasteiger partial charge in [0, 0.05) is 12.1 Å². The highest BCUT2D eigenvalue weighted by Crippen LogP contribution is 2.14. The van der Waals surface area contributed by atoms with Crippen LogP contribution in [-0.2, 0) is 6.54 Å². The van der Waals surface area contributed by atoms with Gasteiger partial charge in [-0.25, -0.2) is 0 Å². The summed E-state index contributed by atoms with van der Waals surface area (Å²) in [6.45, 7) is 0.502. The van der Waals surface area contributed by atoms with Crippen molar-refractivity contribution in [1.29, 1.82) is 0 Å². The molecule has 110 valence electrons. The number of nitrogens with two attached hydrogens (primary N) is 1. The maximum atomic E-state index is 9.53. The second-order valence-corrected chi connectivity index (χ2v) is 4.67. The van der Waals surface area contributed by atoms with Gasteiger partial charge in [-0.3, -0.25) is 0 Å². The third-order valence-electron chi connectivity index (χ3n) is 3.32. The Bertz CT molecular complexity index is 599. The molecule has 0 saturated heterocycles. The summed E-state index contributed by atoms with van der Waals surface area (Å²) < 4.78 is 0. The number of aliphatic hydroxyl groups excluding tert-OH is 1. The monoisotopic (exact) mass is 285 g/mol. The largest absolute Gasteiger partial charge is 0.409 e. The number of benzene rings is 2. The van der Waals surface area contributed by atoms with Crippen molar-refractivity contribution >= 4 is 5.84 Å². The fourth-order valence-electron chi connectivity index (χ4n) is 2.18. The van der Waals surface area contributed by atoms with Gasteiger partial charge in [-0.05, 0) is 11.1 Å². The zero-order valence-electron chi connectivity index (χ0n) is 11.6. The fraction of sp³-hybridized carbons (Fsp3) is 0.188. The molecule has 0 aliphatic heterocycles. The van der Waals surface area contributed by atoms with Crippen molar-refractivity contribution < 1.29 is 10.3 Å². The minimum Gasteiger partial charge on any atom is -0.409 e. The van der Waals surface area contributed by atoms with E-state index in [-0.39, 0.29) is 18.5 Å². The summed E-state index contributed by atoms with van der Waals surface area (Å²) in [6, 6.07) is 17.0. The van der Waals surface area contributed by atoms with Crippen molar-refractivity contribution in [1.82, 2.24) is 5.32 Å². The molecule has 5 heteroatoms. The average molecular weight is 285 g/mol. The molecule has 0 aliphatic rings. The van der Waals surface area contributed by atoms with Gasteiger partial charge in [0.2, 0.25) is 0 Å². The molecule has 0 heterocycles. The van der Waals surface area contributed by atoms with Crippen LogP contribution in [0.3, 0.4) is 0 Å². The first kappa shape index (κ1) is 15.0. The molecule has 5 N–H and O–H groups in total. The number of oxime groups is 1. The van der Waals surface area contributed by atoms with Gasteiger partial charge in [-0.1, -0.05) is 59.8 Å². The second kappa shape index (κ2) is 7.42. The van der Waals surface area contributed by atoms with Crippen LogP contribution in [-0.4, -0.2) is 22.8 Å². The van der Waals surface area contributed by atoms with Crippen molar-refractivity contribution in [3.8, 4) is 0 Å². The topological polar surface area (TPSA) is 90.9 Å². The highest BCUT2D eigenvalue weighted by Gasteiger charge is 2.11. The van der Waals surface area contributed by atoms with Crippen molar-refractivity contribution in [2.75, 3.05) is 6.61 Å². The SMILES string of the molecule is NC(=NO)c1ccccc1CNC(CO)c1ccccc1. The van der Waals surface area contributed by atoms with Crippen molar-refractivity contribution in [3.05, 3.63) is 71.3 Å². The standard InChI is InChI=1S/C16H19N3O2/c17-16(19-21)14-9-5-4-8-13(14)10-18-15(11-20)12-6-2-1-3-7-12/h1-9,15,18,20-21H,10-11H2,(H2,17,19). The number of amidine groups is 1. The highest BCUT2D eigenvalue weighted by molar-refractivity contribution is 5.98. The zero-order valence-corrected chi connectivity index (χ0v) is 11.6. The summed E-state index contributed by atoms with van der Waals surface area (Å²) in [5.74, 6) is 0.0765. The zero-order chi connectivity index (χ0) is 15.1. The molecule has 0 saturated carbocycles. The molecule has 5 nitrogen and oxygen atoms in total. The predicted molar refractivity (Wildman–Crippen MR) is 82.1 cm³/mol. The Balaban J connectivity index is 2.12. The average Bonchev–Trinajstić information content (AvgIpc) is 2.56. The van der Waals surface area contributed by atoms with Gasteiger partial charge in [-0.2, -0.15) is 0 Å². The van der Waals surface area contributed by atoms with Gasteiger partial charge < -0.3 is 21.4 Å². The van der Waals surface area contributed by atoms with Crippen LogP contribution in [0.4, 0.5) is 0 Å². The summed E-state index contributed by atoms with van der Waals surface area (Å²) in [7, 11) is 0. The molecule has 2 aromatic carbocycles. The van der Waals surface area contributed by atoms with E-state index in [1.54, 1.807) is 6.07 Å². The molecule has 1 unspecified atom stereocenters. The van der Waals surface area contributed by atoms with Gasteiger partial charge in [0.1, 0.15) is 0 Å². The lowest BCUT2D eigenvalue weighted by molar-refractivity contribution is 0.243. The van der Waals surface area contributed by atoms with Gasteiger partial charge in [0.25, 0.3) is 0 Å². The normalized spacial score (nSPS) is 13.1. The summed E-state index contributed by atoms with van der Waals surface area (Å²) in [6.07, 6.45) is 0. The highest BCUT2D eigenvalue weighted by atomic mass is 16.4. The molecular weight excluding hydrogens is 266 g/mol.